The molecule has 2 rings (SSSR count). The summed E-state index contributed by atoms with van der Waals surface area (Å²) in [5.41, 5.74) is 0.892. The predicted octanol–water partition coefficient (Wildman–Crippen LogP) is 4.12. The summed E-state index contributed by atoms with van der Waals surface area (Å²) in [7, 11) is 0. The average molecular weight is 352 g/mol. The molecule has 2 N–H and O–H groups in total. The predicted molar refractivity (Wildman–Crippen MR) is 90.5 cm³/mol. The van der Waals surface area contributed by atoms with E-state index >= 15 is 0 Å². The SMILES string of the molecule is CC(NC(=O)CCC1CCCN1)c1ccc(Cl)cc1Cl.Cl. The fourth-order valence-corrected chi connectivity index (χ4v) is 3.12. The number of nitrogens with one attached hydrogen (secondary N) is 2. The van der Waals surface area contributed by atoms with Gasteiger partial charge in [-0.15, -0.1) is 12.4 Å². The molecule has 1 saturated heterocycles. The summed E-state index contributed by atoms with van der Waals surface area (Å²) in [6.07, 6.45) is 3.83. The molecule has 1 amide bonds. The molecular formula is C15H21Cl3N2O. The maximum absolute atomic E-state index is 12.0. The smallest absolute Gasteiger partial charge is 0.220 e. The first-order valence-corrected chi connectivity index (χ1v) is 7.79. The molecule has 0 aliphatic carbocycles. The molecule has 0 aromatic heterocycles. The molecule has 0 spiro atoms. The lowest BCUT2D eigenvalue weighted by atomic mass is 10.1. The fourth-order valence-electron chi connectivity index (χ4n) is 2.55. The topological polar surface area (TPSA) is 41.1 Å². The molecule has 118 valence electrons. The maximum atomic E-state index is 12.0. The Labute approximate surface area is 142 Å². The molecule has 0 saturated carbocycles. The van der Waals surface area contributed by atoms with Crippen LogP contribution < -0.4 is 10.6 Å². The Bertz CT molecular complexity index is 476. The zero-order valence-corrected chi connectivity index (χ0v) is 14.3. The van der Waals surface area contributed by atoms with E-state index in [2.05, 4.69) is 10.6 Å². The van der Waals surface area contributed by atoms with Gasteiger partial charge in [0.1, 0.15) is 0 Å². The number of hydrogen-bond acceptors (Lipinski definition) is 2. The van der Waals surface area contributed by atoms with Gasteiger partial charge in [-0.25, -0.2) is 0 Å². The largest absolute Gasteiger partial charge is 0.350 e. The van der Waals surface area contributed by atoms with Crippen LogP contribution in [-0.2, 0) is 4.79 Å². The van der Waals surface area contributed by atoms with Crippen molar-refractivity contribution in [3.63, 3.8) is 0 Å². The minimum absolute atomic E-state index is 0. The van der Waals surface area contributed by atoms with E-state index in [1.54, 1.807) is 12.1 Å². The molecule has 3 nitrogen and oxygen atoms in total. The first-order chi connectivity index (χ1) is 9.56. The molecule has 21 heavy (non-hydrogen) atoms. The minimum Gasteiger partial charge on any atom is -0.350 e. The Kier molecular flexibility index (Phi) is 7.82. The third-order valence-corrected chi connectivity index (χ3v) is 4.25. The van der Waals surface area contributed by atoms with Gasteiger partial charge in [-0.1, -0.05) is 29.3 Å². The van der Waals surface area contributed by atoms with Crippen LogP contribution in [0.2, 0.25) is 10.0 Å². The lowest BCUT2D eigenvalue weighted by Crippen LogP contribution is -2.29. The quantitative estimate of drug-likeness (QED) is 0.837. The van der Waals surface area contributed by atoms with Crippen LogP contribution >= 0.6 is 35.6 Å². The standard InChI is InChI=1S/C15H20Cl2N2O.ClH/c1-10(13-6-4-11(16)9-14(13)17)19-15(20)7-5-12-3-2-8-18-12;/h4,6,9-10,12,18H,2-3,5,7-8H2,1H3,(H,19,20);1H. The monoisotopic (exact) mass is 350 g/mol. The molecule has 1 fully saturated rings. The summed E-state index contributed by atoms with van der Waals surface area (Å²) in [4.78, 5) is 12.0. The van der Waals surface area contributed by atoms with Gasteiger partial charge >= 0.3 is 0 Å². The van der Waals surface area contributed by atoms with Crippen LogP contribution in [0.3, 0.4) is 0 Å². The molecule has 6 heteroatoms. The Balaban J connectivity index is 0.00000220. The molecule has 2 unspecified atom stereocenters. The summed E-state index contributed by atoms with van der Waals surface area (Å²) >= 11 is 12.0. The van der Waals surface area contributed by atoms with Crippen LogP contribution in [0.5, 0.6) is 0 Å². The van der Waals surface area contributed by atoms with Gasteiger partial charge in [0.15, 0.2) is 0 Å². The first kappa shape index (κ1) is 18.6. The summed E-state index contributed by atoms with van der Waals surface area (Å²) in [5.74, 6) is 0.0669. The summed E-state index contributed by atoms with van der Waals surface area (Å²) in [6, 6.07) is 5.73. The molecular weight excluding hydrogens is 331 g/mol. The molecule has 2 atom stereocenters. The fraction of sp³-hybridized carbons (Fsp3) is 0.533. The van der Waals surface area contributed by atoms with Crippen molar-refractivity contribution in [1.82, 2.24) is 10.6 Å². The van der Waals surface area contributed by atoms with E-state index in [9.17, 15) is 4.79 Å². The van der Waals surface area contributed by atoms with Crippen molar-refractivity contribution < 1.29 is 4.79 Å². The van der Waals surface area contributed by atoms with Gasteiger partial charge in [-0.2, -0.15) is 0 Å². The Morgan fingerprint density at radius 3 is 2.86 bits per heavy atom. The van der Waals surface area contributed by atoms with Crippen molar-refractivity contribution in [2.75, 3.05) is 6.54 Å². The third kappa shape index (κ3) is 5.67. The Morgan fingerprint density at radius 2 is 2.24 bits per heavy atom. The van der Waals surface area contributed by atoms with Gasteiger partial charge in [0.25, 0.3) is 0 Å². The zero-order valence-electron chi connectivity index (χ0n) is 12.0. The molecule has 1 aliphatic rings. The van der Waals surface area contributed by atoms with Crippen LogP contribution in [0.4, 0.5) is 0 Å². The van der Waals surface area contributed by atoms with E-state index < -0.39 is 0 Å². The second kappa shape index (κ2) is 8.84. The highest BCUT2D eigenvalue weighted by Crippen LogP contribution is 2.26. The molecule has 0 bridgehead atoms. The summed E-state index contributed by atoms with van der Waals surface area (Å²) in [6.45, 7) is 3.00. The molecule has 1 heterocycles. The molecule has 1 aromatic carbocycles. The van der Waals surface area contributed by atoms with E-state index in [4.69, 9.17) is 23.2 Å². The molecule has 1 aliphatic heterocycles. The van der Waals surface area contributed by atoms with E-state index in [1.165, 1.54) is 12.8 Å². The third-order valence-electron chi connectivity index (χ3n) is 3.69. The van der Waals surface area contributed by atoms with Crippen LogP contribution in [0, 0.1) is 0 Å². The number of carbonyl (C=O) groups is 1. The normalized spacial score (nSPS) is 18.9. The Hall–Kier alpha value is -0.480. The van der Waals surface area contributed by atoms with E-state index in [0.717, 1.165) is 18.5 Å². The van der Waals surface area contributed by atoms with Gasteiger partial charge < -0.3 is 10.6 Å². The van der Waals surface area contributed by atoms with E-state index in [1.807, 2.05) is 13.0 Å². The van der Waals surface area contributed by atoms with Crippen molar-refractivity contribution in [3.05, 3.63) is 33.8 Å². The lowest BCUT2D eigenvalue weighted by Gasteiger charge is -2.17. The summed E-state index contributed by atoms with van der Waals surface area (Å²) in [5, 5.41) is 7.57. The van der Waals surface area contributed by atoms with Crippen LogP contribution in [-0.4, -0.2) is 18.5 Å². The van der Waals surface area contributed by atoms with Gasteiger partial charge in [-0.05, 0) is 50.4 Å². The Morgan fingerprint density at radius 1 is 1.48 bits per heavy atom. The van der Waals surface area contributed by atoms with Gasteiger partial charge in [-0.3, -0.25) is 4.79 Å². The van der Waals surface area contributed by atoms with E-state index in [-0.39, 0.29) is 24.4 Å². The second-order valence-electron chi connectivity index (χ2n) is 5.29. The van der Waals surface area contributed by atoms with Crippen LogP contribution in [0.25, 0.3) is 0 Å². The van der Waals surface area contributed by atoms with Crippen molar-refractivity contribution in [1.29, 1.82) is 0 Å². The maximum Gasteiger partial charge on any atom is 0.220 e. The van der Waals surface area contributed by atoms with Gasteiger partial charge in [0.05, 0.1) is 6.04 Å². The highest BCUT2D eigenvalue weighted by atomic mass is 35.5. The van der Waals surface area contributed by atoms with Gasteiger partial charge in [0, 0.05) is 22.5 Å². The number of carbonyl (C=O) groups excluding carboxylic acids is 1. The highest BCUT2D eigenvalue weighted by molar-refractivity contribution is 6.35. The molecule has 1 aromatic rings. The van der Waals surface area contributed by atoms with Gasteiger partial charge in [0.2, 0.25) is 5.91 Å². The van der Waals surface area contributed by atoms with Crippen molar-refractivity contribution in [2.24, 2.45) is 0 Å². The van der Waals surface area contributed by atoms with E-state index in [0.29, 0.717) is 22.5 Å². The van der Waals surface area contributed by atoms with Crippen molar-refractivity contribution >= 4 is 41.5 Å². The zero-order chi connectivity index (χ0) is 14.5. The number of rotatable bonds is 5. The second-order valence-corrected chi connectivity index (χ2v) is 6.13. The summed E-state index contributed by atoms with van der Waals surface area (Å²) < 4.78 is 0. The first-order valence-electron chi connectivity index (χ1n) is 7.04. The van der Waals surface area contributed by atoms with Crippen LogP contribution in [0.1, 0.15) is 44.2 Å². The highest BCUT2D eigenvalue weighted by Gasteiger charge is 2.17. The molecule has 0 radical (unpaired) electrons. The van der Waals surface area contributed by atoms with Crippen molar-refractivity contribution in [2.45, 2.75) is 44.7 Å². The number of halogens is 3. The lowest BCUT2D eigenvalue weighted by molar-refractivity contribution is -0.121. The van der Waals surface area contributed by atoms with Crippen LogP contribution in [0.15, 0.2) is 18.2 Å². The van der Waals surface area contributed by atoms with Crippen molar-refractivity contribution in [3.8, 4) is 0 Å². The number of benzene rings is 1. The average Bonchev–Trinajstić information content (AvgIpc) is 2.89. The minimum atomic E-state index is -0.108. The number of hydrogen-bond donors (Lipinski definition) is 2. The number of amides is 1.